The van der Waals surface area contributed by atoms with Crippen LogP contribution in [0.5, 0.6) is 0 Å². The Bertz CT molecular complexity index is 1060. The molecule has 0 aliphatic rings. The van der Waals surface area contributed by atoms with Crippen molar-refractivity contribution in [3.05, 3.63) is 71.3 Å². The molecule has 0 amide bonds. The fourth-order valence-electron chi connectivity index (χ4n) is 5.45. The van der Waals surface area contributed by atoms with Gasteiger partial charge in [-0.05, 0) is 81.4 Å². The Morgan fingerprint density at radius 3 is 1.95 bits per heavy atom. The van der Waals surface area contributed by atoms with Gasteiger partial charge in [0.2, 0.25) is 0 Å². The number of hydrogen-bond acceptors (Lipinski definition) is 4. The summed E-state index contributed by atoms with van der Waals surface area (Å²) in [7, 11) is 0. The summed E-state index contributed by atoms with van der Waals surface area (Å²) in [5, 5.41) is 2.13. The van der Waals surface area contributed by atoms with Gasteiger partial charge in [-0.1, -0.05) is 103 Å². The normalized spacial score (nSPS) is 15.2. The number of rotatable bonds is 15. The van der Waals surface area contributed by atoms with Gasteiger partial charge in [0.05, 0.1) is 24.2 Å². The summed E-state index contributed by atoms with van der Waals surface area (Å²) in [6.45, 7) is 24.4. The molecule has 4 nitrogen and oxygen atoms in total. The average molecular weight is 586 g/mol. The lowest BCUT2D eigenvalue weighted by atomic mass is 9.68. The average Bonchev–Trinajstić information content (AvgIpc) is 2.91. The topological polar surface area (TPSA) is 38.8 Å². The maximum atomic E-state index is 13.9. The van der Waals surface area contributed by atoms with Crippen molar-refractivity contribution in [3.63, 3.8) is 0 Å². The van der Waals surface area contributed by atoms with E-state index in [-0.39, 0.29) is 34.8 Å². The molecule has 0 fully saturated rings. The number of carbonyl (C=O) groups excluding carboxylic acids is 1. The molecule has 0 saturated heterocycles. The molecule has 0 spiro atoms. The molecule has 0 aromatic heterocycles. The van der Waals surface area contributed by atoms with Crippen molar-refractivity contribution >= 4 is 17.6 Å². The van der Waals surface area contributed by atoms with Crippen molar-refractivity contribution < 1.29 is 14.4 Å². The van der Waals surface area contributed by atoms with E-state index in [0.29, 0.717) is 18.9 Å². The molecule has 3 unspecified atom stereocenters. The predicted molar refractivity (Wildman–Crippen MR) is 173 cm³/mol. The fourth-order valence-corrected chi connectivity index (χ4v) is 5.63. The van der Waals surface area contributed by atoms with Crippen molar-refractivity contribution in [1.29, 1.82) is 0 Å². The highest BCUT2D eigenvalue weighted by Crippen LogP contribution is 2.45. The highest BCUT2D eigenvalue weighted by molar-refractivity contribution is 6.17. The third-order valence-electron chi connectivity index (χ3n) is 8.42. The summed E-state index contributed by atoms with van der Waals surface area (Å²) in [6, 6.07) is 19.0. The van der Waals surface area contributed by atoms with Gasteiger partial charge < -0.3 is 4.74 Å². The Hall–Kier alpha value is -1.88. The van der Waals surface area contributed by atoms with Gasteiger partial charge in [0.15, 0.2) is 0 Å². The molecular weight excluding hydrogens is 530 g/mol. The lowest BCUT2D eigenvalue weighted by Gasteiger charge is -2.48. The number of ether oxygens (including phenoxy) is 1. The minimum atomic E-state index is -0.821. The first-order chi connectivity index (χ1) is 19.0. The molecule has 2 aromatic rings. The largest absolute Gasteiger partial charge is 0.465 e. The molecule has 2 rings (SSSR count). The number of esters is 1. The van der Waals surface area contributed by atoms with E-state index in [1.165, 1.54) is 11.1 Å². The maximum absolute atomic E-state index is 13.9. The fraction of sp³-hybridized carbons (Fsp3) is 0.639. The van der Waals surface area contributed by atoms with Crippen LogP contribution in [0.3, 0.4) is 0 Å². The Morgan fingerprint density at radius 1 is 0.878 bits per heavy atom. The van der Waals surface area contributed by atoms with Gasteiger partial charge in [-0.3, -0.25) is 9.63 Å². The van der Waals surface area contributed by atoms with E-state index in [1.54, 1.807) is 0 Å². The predicted octanol–water partition coefficient (Wildman–Crippen LogP) is 10.1. The van der Waals surface area contributed by atoms with Crippen LogP contribution in [0.2, 0.25) is 0 Å². The second-order valence-electron chi connectivity index (χ2n) is 14.2. The van der Waals surface area contributed by atoms with Crippen LogP contribution in [0.1, 0.15) is 124 Å². The number of carbonyl (C=O) groups is 1. The minimum absolute atomic E-state index is 0.0135. The molecule has 0 heterocycles. The van der Waals surface area contributed by atoms with E-state index >= 15 is 0 Å². The Kier molecular flexibility index (Phi) is 12.9. The number of hydroxylamine groups is 2. The van der Waals surface area contributed by atoms with Crippen molar-refractivity contribution in [1.82, 2.24) is 5.06 Å². The van der Waals surface area contributed by atoms with Gasteiger partial charge in [-0.25, -0.2) is 0 Å². The van der Waals surface area contributed by atoms with Crippen LogP contribution < -0.4 is 0 Å². The molecular formula is C36H56ClNO3. The molecule has 230 valence electrons. The zero-order valence-electron chi connectivity index (χ0n) is 27.6. The molecule has 0 saturated carbocycles. The summed E-state index contributed by atoms with van der Waals surface area (Å²) in [6.07, 6.45) is 2.45. The highest BCUT2D eigenvalue weighted by atomic mass is 35.5. The first-order valence-corrected chi connectivity index (χ1v) is 15.9. The summed E-state index contributed by atoms with van der Waals surface area (Å²) < 4.78 is 5.90. The number of alkyl halides is 1. The van der Waals surface area contributed by atoms with Crippen molar-refractivity contribution in [3.8, 4) is 0 Å². The van der Waals surface area contributed by atoms with Crippen LogP contribution in [0.4, 0.5) is 0 Å². The van der Waals surface area contributed by atoms with Gasteiger partial charge in [0, 0.05) is 11.4 Å². The van der Waals surface area contributed by atoms with E-state index < -0.39 is 11.5 Å². The highest BCUT2D eigenvalue weighted by Gasteiger charge is 2.47. The number of benzene rings is 2. The van der Waals surface area contributed by atoms with Gasteiger partial charge in [-0.2, -0.15) is 5.06 Å². The maximum Gasteiger partial charge on any atom is 0.311 e. The first-order valence-electron chi connectivity index (χ1n) is 15.4. The molecule has 2 aromatic carbocycles. The Morgan fingerprint density at radius 2 is 1.46 bits per heavy atom. The molecule has 0 bridgehead atoms. The third-order valence-corrected chi connectivity index (χ3v) is 8.73. The minimum Gasteiger partial charge on any atom is -0.465 e. The van der Waals surface area contributed by atoms with Crippen molar-refractivity contribution in [2.45, 2.75) is 124 Å². The van der Waals surface area contributed by atoms with Gasteiger partial charge in [0.25, 0.3) is 0 Å². The summed E-state index contributed by atoms with van der Waals surface area (Å²) >= 11 is 6.04. The van der Waals surface area contributed by atoms with E-state index in [9.17, 15) is 4.79 Å². The van der Waals surface area contributed by atoms with Gasteiger partial charge in [0.1, 0.15) is 0 Å². The van der Waals surface area contributed by atoms with Crippen molar-refractivity contribution in [2.75, 3.05) is 6.61 Å². The number of halogens is 1. The first kappa shape index (κ1) is 35.3. The Labute approximate surface area is 256 Å². The lowest BCUT2D eigenvalue weighted by molar-refractivity contribution is -0.314. The van der Waals surface area contributed by atoms with E-state index in [4.69, 9.17) is 21.2 Å². The molecule has 3 atom stereocenters. The van der Waals surface area contributed by atoms with Crippen molar-refractivity contribution in [2.24, 2.45) is 17.3 Å². The van der Waals surface area contributed by atoms with Crippen LogP contribution in [0, 0.1) is 17.3 Å². The zero-order valence-corrected chi connectivity index (χ0v) is 28.3. The smallest absolute Gasteiger partial charge is 0.311 e. The molecule has 0 N–H and O–H groups in total. The number of unbranched alkanes of at least 4 members (excludes halogenated alkanes) is 1. The van der Waals surface area contributed by atoms with Crippen LogP contribution in [-0.4, -0.2) is 28.8 Å². The second kappa shape index (κ2) is 15.0. The number of nitrogens with zero attached hydrogens (tertiary/aromatic N) is 1. The van der Waals surface area contributed by atoms with Crippen LogP contribution >= 0.6 is 11.6 Å². The molecule has 5 heteroatoms. The lowest BCUT2D eigenvalue weighted by Crippen LogP contribution is -2.54. The quantitative estimate of drug-likeness (QED) is 0.0901. The summed E-state index contributed by atoms with van der Waals surface area (Å²) in [5.41, 5.74) is 2.20. The second-order valence-corrected chi connectivity index (χ2v) is 14.4. The zero-order chi connectivity index (χ0) is 31.0. The van der Waals surface area contributed by atoms with E-state index in [1.807, 2.05) is 6.07 Å². The summed E-state index contributed by atoms with van der Waals surface area (Å²) in [4.78, 5) is 20.9. The third kappa shape index (κ3) is 9.83. The summed E-state index contributed by atoms with van der Waals surface area (Å²) in [5.74, 6) is 0.345. The van der Waals surface area contributed by atoms with Crippen LogP contribution in [-0.2, 0) is 20.2 Å². The molecule has 0 aliphatic heterocycles. The van der Waals surface area contributed by atoms with Crippen LogP contribution in [0.25, 0.3) is 0 Å². The Balaban J connectivity index is 2.48. The monoisotopic (exact) mass is 585 g/mol. The van der Waals surface area contributed by atoms with Gasteiger partial charge in [-0.15, -0.1) is 11.6 Å². The van der Waals surface area contributed by atoms with E-state index in [2.05, 4.69) is 130 Å². The molecule has 0 aliphatic carbocycles. The van der Waals surface area contributed by atoms with E-state index in [0.717, 1.165) is 18.4 Å². The number of hydrogen-bond donors (Lipinski definition) is 0. The van der Waals surface area contributed by atoms with Crippen LogP contribution in [0.15, 0.2) is 54.6 Å². The van der Waals surface area contributed by atoms with Gasteiger partial charge >= 0.3 is 5.97 Å². The standard InChI is InChI=1S/C36H56ClNO3/c1-12-13-23-40-33(39)31(24-35(8,9)27(4)29-21-19-28(25-37)20-22-29)36(10,11)41-38(34(5,6)7)32(26(2)3)30-17-15-14-16-18-30/h14-22,26-27,31-32H,12-13,23-25H2,1-11H3. The molecule has 0 radical (unpaired) electrons. The molecule has 41 heavy (non-hydrogen) atoms. The SMILES string of the molecule is CCCCOC(=O)C(CC(C)(C)C(C)c1ccc(CCl)cc1)C(C)(C)ON(C(c1ccccc1)C(C)C)C(C)(C)C.